The molecular formula is C13H20N2O. The molecule has 1 aliphatic rings. The molecule has 88 valence electrons. The molecule has 2 unspecified atom stereocenters. The van der Waals surface area contributed by atoms with Gasteiger partial charge in [0, 0.05) is 39.0 Å². The predicted octanol–water partition coefficient (Wildman–Crippen LogP) is 1.50. The Morgan fingerprint density at radius 1 is 1.38 bits per heavy atom. The minimum Gasteiger partial charge on any atom is -0.380 e. The molecule has 1 heterocycles. The summed E-state index contributed by atoms with van der Waals surface area (Å²) in [6.07, 6.45) is 1.49. The van der Waals surface area contributed by atoms with Crippen molar-refractivity contribution in [2.45, 2.75) is 18.6 Å². The molecule has 1 N–H and O–H groups in total. The van der Waals surface area contributed by atoms with Crippen molar-refractivity contribution in [2.24, 2.45) is 0 Å². The summed E-state index contributed by atoms with van der Waals surface area (Å²) in [4.78, 5) is 2.29. The summed E-state index contributed by atoms with van der Waals surface area (Å²) < 4.78 is 5.35. The zero-order valence-electron chi connectivity index (χ0n) is 10.0. The van der Waals surface area contributed by atoms with E-state index in [9.17, 15) is 0 Å². The zero-order chi connectivity index (χ0) is 11.4. The lowest BCUT2D eigenvalue weighted by molar-refractivity contribution is 0.117. The number of likely N-dealkylation sites (N-methyl/N-ethyl adjacent to an activating group) is 1. The number of anilines is 1. The molecule has 1 aromatic carbocycles. The van der Waals surface area contributed by atoms with Crippen LogP contribution in [0, 0.1) is 0 Å². The topological polar surface area (TPSA) is 24.5 Å². The van der Waals surface area contributed by atoms with E-state index in [-0.39, 0.29) is 0 Å². The Labute approximate surface area is 97.4 Å². The second-order valence-electron chi connectivity index (χ2n) is 4.41. The van der Waals surface area contributed by atoms with Crippen molar-refractivity contribution in [1.29, 1.82) is 0 Å². The quantitative estimate of drug-likeness (QED) is 0.832. The van der Waals surface area contributed by atoms with E-state index in [0.717, 1.165) is 19.5 Å². The van der Waals surface area contributed by atoms with Gasteiger partial charge in [-0.2, -0.15) is 0 Å². The van der Waals surface area contributed by atoms with Gasteiger partial charge in [-0.3, -0.25) is 0 Å². The number of nitrogens with zero attached hydrogens (tertiary/aromatic N) is 1. The van der Waals surface area contributed by atoms with Crippen molar-refractivity contribution >= 4 is 5.69 Å². The van der Waals surface area contributed by atoms with Crippen LogP contribution < -0.4 is 10.2 Å². The monoisotopic (exact) mass is 220 g/mol. The number of ether oxygens (including phenoxy) is 1. The number of hydrogen-bond donors (Lipinski definition) is 1. The molecule has 1 aliphatic heterocycles. The molecule has 1 aromatic rings. The Hall–Kier alpha value is -1.06. The second kappa shape index (κ2) is 5.32. The van der Waals surface area contributed by atoms with Gasteiger partial charge in [0.05, 0.1) is 6.10 Å². The molecule has 1 fully saturated rings. The van der Waals surface area contributed by atoms with Crippen LogP contribution >= 0.6 is 0 Å². The van der Waals surface area contributed by atoms with Crippen LogP contribution in [0.4, 0.5) is 5.69 Å². The van der Waals surface area contributed by atoms with E-state index >= 15 is 0 Å². The average molecular weight is 220 g/mol. The van der Waals surface area contributed by atoms with Gasteiger partial charge in [-0.1, -0.05) is 18.2 Å². The number of nitrogens with one attached hydrogen (secondary N) is 1. The number of para-hydroxylation sites is 1. The lowest BCUT2D eigenvalue weighted by Gasteiger charge is -2.23. The first-order chi connectivity index (χ1) is 7.79. The van der Waals surface area contributed by atoms with Gasteiger partial charge in [0.2, 0.25) is 0 Å². The minimum atomic E-state index is 0.383. The third-order valence-electron chi connectivity index (χ3n) is 3.21. The molecule has 0 aliphatic carbocycles. The Kier molecular flexibility index (Phi) is 3.80. The second-order valence-corrected chi connectivity index (χ2v) is 4.41. The third kappa shape index (κ3) is 2.74. The van der Waals surface area contributed by atoms with Crippen LogP contribution in [0.15, 0.2) is 30.3 Å². The van der Waals surface area contributed by atoms with Crippen LogP contribution in [0.3, 0.4) is 0 Å². The first kappa shape index (κ1) is 11.4. The summed E-state index contributed by atoms with van der Waals surface area (Å²) in [6.45, 7) is 2.01. The lowest BCUT2D eigenvalue weighted by Crippen LogP contribution is -2.35. The zero-order valence-corrected chi connectivity index (χ0v) is 10.0. The number of benzene rings is 1. The SMILES string of the molecule is COC1CNC(CN(C)c2ccccc2)C1. The summed E-state index contributed by atoms with van der Waals surface area (Å²) in [5.74, 6) is 0. The highest BCUT2D eigenvalue weighted by molar-refractivity contribution is 5.45. The molecule has 2 atom stereocenters. The van der Waals surface area contributed by atoms with Crippen molar-refractivity contribution < 1.29 is 4.74 Å². The fourth-order valence-electron chi connectivity index (χ4n) is 2.22. The first-order valence-electron chi connectivity index (χ1n) is 5.82. The first-order valence-corrected chi connectivity index (χ1v) is 5.82. The van der Waals surface area contributed by atoms with E-state index in [4.69, 9.17) is 4.74 Å². The number of methoxy groups -OCH3 is 1. The summed E-state index contributed by atoms with van der Waals surface area (Å²) in [5, 5.41) is 3.49. The molecule has 0 amide bonds. The summed E-state index contributed by atoms with van der Waals surface area (Å²) >= 11 is 0. The molecular weight excluding hydrogens is 200 g/mol. The summed E-state index contributed by atoms with van der Waals surface area (Å²) in [5.41, 5.74) is 1.27. The molecule has 0 radical (unpaired) electrons. The largest absolute Gasteiger partial charge is 0.380 e. The van der Waals surface area contributed by atoms with Crippen LogP contribution in [0.5, 0.6) is 0 Å². The van der Waals surface area contributed by atoms with Crippen LogP contribution in [0.1, 0.15) is 6.42 Å². The molecule has 0 aromatic heterocycles. The molecule has 0 saturated carbocycles. The molecule has 1 saturated heterocycles. The normalized spacial score (nSPS) is 24.6. The van der Waals surface area contributed by atoms with Crippen LogP contribution in [-0.4, -0.2) is 39.4 Å². The van der Waals surface area contributed by atoms with Crippen molar-refractivity contribution in [1.82, 2.24) is 5.32 Å². The third-order valence-corrected chi connectivity index (χ3v) is 3.21. The smallest absolute Gasteiger partial charge is 0.0711 e. The molecule has 2 rings (SSSR count). The van der Waals surface area contributed by atoms with E-state index in [2.05, 4.69) is 41.5 Å². The maximum absolute atomic E-state index is 5.35. The van der Waals surface area contributed by atoms with Gasteiger partial charge in [0.15, 0.2) is 0 Å². The Morgan fingerprint density at radius 2 is 2.12 bits per heavy atom. The van der Waals surface area contributed by atoms with E-state index in [1.165, 1.54) is 5.69 Å². The molecule has 0 spiro atoms. The van der Waals surface area contributed by atoms with E-state index in [1.54, 1.807) is 7.11 Å². The van der Waals surface area contributed by atoms with Crippen molar-refractivity contribution in [2.75, 3.05) is 32.1 Å². The maximum atomic E-state index is 5.35. The van der Waals surface area contributed by atoms with Gasteiger partial charge < -0.3 is 15.0 Å². The fraction of sp³-hybridized carbons (Fsp3) is 0.538. The Balaban J connectivity index is 1.86. The number of rotatable bonds is 4. The van der Waals surface area contributed by atoms with Gasteiger partial charge in [-0.25, -0.2) is 0 Å². The van der Waals surface area contributed by atoms with Crippen molar-refractivity contribution in [3.8, 4) is 0 Å². The molecule has 3 heteroatoms. The van der Waals surface area contributed by atoms with E-state index in [1.807, 2.05) is 6.07 Å². The number of hydrogen-bond acceptors (Lipinski definition) is 3. The van der Waals surface area contributed by atoms with Gasteiger partial charge in [-0.05, 0) is 18.6 Å². The highest BCUT2D eigenvalue weighted by atomic mass is 16.5. The van der Waals surface area contributed by atoms with Crippen LogP contribution in [0.2, 0.25) is 0 Å². The van der Waals surface area contributed by atoms with E-state index < -0.39 is 0 Å². The van der Waals surface area contributed by atoms with Crippen molar-refractivity contribution in [3.63, 3.8) is 0 Å². The molecule has 16 heavy (non-hydrogen) atoms. The predicted molar refractivity (Wildman–Crippen MR) is 66.9 cm³/mol. The van der Waals surface area contributed by atoms with Gasteiger partial charge >= 0.3 is 0 Å². The van der Waals surface area contributed by atoms with Crippen molar-refractivity contribution in [3.05, 3.63) is 30.3 Å². The lowest BCUT2D eigenvalue weighted by atomic mass is 10.2. The molecule has 0 bridgehead atoms. The van der Waals surface area contributed by atoms with Gasteiger partial charge in [0.1, 0.15) is 0 Å². The maximum Gasteiger partial charge on any atom is 0.0711 e. The standard InChI is InChI=1S/C13H20N2O/c1-15(12-6-4-3-5-7-12)10-11-8-13(16-2)9-14-11/h3-7,11,13-14H,8-10H2,1-2H3. The van der Waals surface area contributed by atoms with Gasteiger partial charge in [0.25, 0.3) is 0 Å². The Morgan fingerprint density at radius 3 is 2.75 bits per heavy atom. The van der Waals surface area contributed by atoms with Gasteiger partial charge in [-0.15, -0.1) is 0 Å². The van der Waals surface area contributed by atoms with Crippen LogP contribution in [0.25, 0.3) is 0 Å². The highest BCUT2D eigenvalue weighted by Crippen LogP contribution is 2.15. The van der Waals surface area contributed by atoms with Crippen LogP contribution in [-0.2, 0) is 4.74 Å². The van der Waals surface area contributed by atoms with E-state index in [0.29, 0.717) is 12.1 Å². The summed E-state index contributed by atoms with van der Waals surface area (Å²) in [7, 11) is 3.92. The molecule has 3 nitrogen and oxygen atoms in total. The highest BCUT2D eigenvalue weighted by Gasteiger charge is 2.24. The average Bonchev–Trinajstić information content (AvgIpc) is 2.78. The minimum absolute atomic E-state index is 0.383. The fourth-order valence-corrected chi connectivity index (χ4v) is 2.22. The Bertz CT molecular complexity index is 315. The summed E-state index contributed by atoms with van der Waals surface area (Å²) in [6, 6.07) is 11.0.